The zero-order chi connectivity index (χ0) is 22.3. The van der Waals surface area contributed by atoms with Crippen LogP contribution in [0.25, 0.3) is 22.1 Å². The van der Waals surface area contributed by atoms with Crippen molar-refractivity contribution in [2.45, 2.75) is 26.2 Å². The zero-order valence-electron chi connectivity index (χ0n) is 18.0. The predicted molar refractivity (Wildman–Crippen MR) is 127 cm³/mol. The van der Waals surface area contributed by atoms with Crippen LogP contribution >= 0.6 is 0 Å². The Morgan fingerprint density at radius 3 is 2.50 bits per heavy atom. The third kappa shape index (κ3) is 5.24. The summed E-state index contributed by atoms with van der Waals surface area (Å²) in [5.74, 6) is 0.196. The van der Waals surface area contributed by atoms with Gasteiger partial charge in [0.2, 0.25) is 0 Å². The Hall–Kier alpha value is -3.86. The minimum Gasteiger partial charge on any atom is -0.484 e. The summed E-state index contributed by atoms with van der Waals surface area (Å²) in [6, 6.07) is 24.2. The van der Waals surface area contributed by atoms with Gasteiger partial charge >= 0.3 is 5.63 Å². The van der Waals surface area contributed by atoms with E-state index in [0.29, 0.717) is 11.3 Å². The molecule has 0 radical (unpaired) electrons. The second-order valence-electron chi connectivity index (χ2n) is 7.64. The van der Waals surface area contributed by atoms with E-state index in [1.165, 1.54) is 11.6 Å². The number of nitrogens with one attached hydrogen (secondary N) is 1. The topological polar surface area (TPSA) is 68.5 Å². The minimum absolute atomic E-state index is 0.147. The SMILES string of the molecule is CCCCc1ccc(NC(=O)COc2ccc3c(-c4ccccc4)cc(=O)oc3c2)cc1. The van der Waals surface area contributed by atoms with E-state index in [1.807, 2.05) is 60.7 Å². The standard InChI is InChI=1S/C27H25NO4/c1-2-3-7-19-10-12-21(13-11-19)28-26(29)18-31-22-14-15-23-24(20-8-5-4-6-9-20)17-27(30)32-25(23)16-22/h4-6,8-17H,2-3,7,18H2,1H3,(H,28,29). The molecule has 4 rings (SSSR count). The van der Waals surface area contributed by atoms with Gasteiger partial charge in [-0.1, -0.05) is 55.8 Å². The van der Waals surface area contributed by atoms with Crippen LogP contribution in [0.4, 0.5) is 5.69 Å². The van der Waals surface area contributed by atoms with Crippen LogP contribution in [0.3, 0.4) is 0 Å². The van der Waals surface area contributed by atoms with Crippen LogP contribution < -0.4 is 15.7 Å². The number of rotatable bonds is 8. The summed E-state index contributed by atoms with van der Waals surface area (Å²) < 4.78 is 11.0. The highest BCUT2D eigenvalue weighted by Gasteiger charge is 2.10. The molecule has 0 aliphatic heterocycles. The summed E-state index contributed by atoms with van der Waals surface area (Å²) in [6.07, 6.45) is 3.34. The Morgan fingerprint density at radius 1 is 0.969 bits per heavy atom. The molecule has 0 aliphatic carbocycles. The van der Waals surface area contributed by atoms with Gasteiger partial charge in [0.15, 0.2) is 6.61 Å². The summed E-state index contributed by atoms with van der Waals surface area (Å²) in [6.45, 7) is 2.02. The van der Waals surface area contributed by atoms with Crippen molar-refractivity contribution >= 4 is 22.6 Å². The van der Waals surface area contributed by atoms with Crippen molar-refractivity contribution < 1.29 is 13.9 Å². The van der Waals surface area contributed by atoms with Gasteiger partial charge in [-0.3, -0.25) is 4.79 Å². The van der Waals surface area contributed by atoms with Crippen LogP contribution in [-0.2, 0) is 11.2 Å². The fourth-order valence-corrected chi connectivity index (χ4v) is 3.57. The van der Waals surface area contributed by atoms with E-state index < -0.39 is 5.63 Å². The van der Waals surface area contributed by atoms with E-state index in [2.05, 4.69) is 12.2 Å². The van der Waals surface area contributed by atoms with Gasteiger partial charge in [0.05, 0.1) is 0 Å². The number of fused-ring (bicyclic) bond motifs is 1. The highest BCUT2D eigenvalue weighted by molar-refractivity contribution is 5.94. The van der Waals surface area contributed by atoms with Crippen molar-refractivity contribution in [2.24, 2.45) is 0 Å². The molecule has 0 spiro atoms. The number of unbranched alkanes of at least 4 members (excludes halogenated alkanes) is 1. The summed E-state index contributed by atoms with van der Waals surface area (Å²) >= 11 is 0. The molecular formula is C27H25NO4. The first kappa shape index (κ1) is 21.4. The molecule has 1 heterocycles. The molecule has 0 saturated carbocycles. The van der Waals surface area contributed by atoms with Crippen LogP contribution in [0.5, 0.6) is 5.75 Å². The van der Waals surface area contributed by atoms with Crippen molar-refractivity contribution in [2.75, 3.05) is 11.9 Å². The lowest BCUT2D eigenvalue weighted by molar-refractivity contribution is -0.118. The largest absolute Gasteiger partial charge is 0.484 e. The Bertz CT molecular complexity index is 1260. The summed E-state index contributed by atoms with van der Waals surface area (Å²) in [5, 5.41) is 3.64. The molecule has 162 valence electrons. The number of carbonyl (C=O) groups is 1. The summed E-state index contributed by atoms with van der Waals surface area (Å²) in [5.41, 5.74) is 3.69. The molecule has 1 N–H and O–H groups in total. The monoisotopic (exact) mass is 427 g/mol. The van der Waals surface area contributed by atoms with Gasteiger partial charge in [-0.2, -0.15) is 0 Å². The van der Waals surface area contributed by atoms with E-state index in [0.717, 1.165) is 41.5 Å². The normalized spacial score (nSPS) is 10.8. The smallest absolute Gasteiger partial charge is 0.336 e. The number of aryl methyl sites for hydroxylation is 1. The molecule has 0 saturated heterocycles. The zero-order valence-corrected chi connectivity index (χ0v) is 18.0. The average molecular weight is 428 g/mol. The molecule has 4 aromatic rings. The number of ether oxygens (including phenoxy) is 1. The Balaban J connectivity index is 1.43. The van der Waals surface area contributed by atoms with E-state index in [-0.39, 0.29) is 12.5 Å². The fraction of sp³-hybridized carbons (Fsp3) is 0.185. The molecule has 0 unspecified atom stereocenters. The van der Waals surface area contributed by atoms with Gasteiger partial charge in [0.25, 0.3) is 5.91 Å². The first-order valence-electron chi connectivity index (χ1n) is 10.8. The number of hydrogen-bond acceptors (Lipinski definition) is 4. The molecule has 0 bridgehead atoms. The van der Waals surface area contributed by atoms with Crippen molar-refractivity contribution in [1.29, 1.82) is 0 Å². The number of anilines is 1. The van der Waals surface area contributed by atoms with Crippen molar-refractivity contribution in [1.82, 2.24) is 0 Å². The molecule has 5 heteroatoms. The molecule has 0 atom stereocenters. The molecule has 32 heavy (non-hydrogen) atoms. The Labute approximate surface area is 186 Å². The third-order valence-electron chi connectivity index (χ3n) is 5.23. The van der Waals surface area contributed by atoms with Crippen LogP contribution in [0.1, 0.15) is 25.3 Å². The van der Waals surface area contributed by atoms with Crippen LogP contribution in [-0.4, -0.2) is 12.5 Å². The van der Waals surface area contributed by atoms with Crippen molar-refractivity contribution in [3.8, 4) is 16.9 Å². The lowest BCUT2D eigenvalue weighted by atomic mass is 10.0. The van der Waals surface area contributed by atoms with E-state index in [9.17, 15) is 9.59 Å². The fourth-order valence-electron chi connectivity index (χ4n) is 3.57. The van der Waals surface area contributed by atoms with Crippen LogP contribution in [0.15, 0.2) is 88.1 Å². The third-order valence-corrected chi connectivity index (χ3v) is 5.23. The highest BCUT2D eigenvalue weighted by Crippen LogP contribution is 2.29. The van der Waals surface area contributed by atoms with Gasteiger partial charge < -0.3 is 14.5 Å². The van der Waals surface area contributed by atoms with E-state index >= 15 is 0 Å². The molecule has 1 amide bonds. The summed E-state index contributed by atoms with van der Waals surface area (Å²) in [4.78, 5) is 24.4. The first-order chi connectivity index (χ1) is 15.6. The maximum Gasteiger partial charge on any atom is 0.336 e. The number of amides is 1. The van der Waals surface area contributed by atoms with E-state index in [1.54, 1.807) is 12.1 Å². The summed E-state index contributed by atoms with van der Waals surface area (Å²) in [7, 11) is 0. The van der Waals surface area contributed by atoms with Gasteiger partial charge in [0.1, 0.15) is 11.3 Å². The second-order valence-corrected chi connectivity index (χ2v) is 7.64. The molecular weight excluding hydrogens is 402 g/mol. The number of benzene rings is 3. The van der Waals surface area contributed by atoms with Gasteiger partial charge in [-0.25, -0.2) is 4.79 Å². The predicted octanol–water partition coefficient (Wildman–Crippen LogP) is 5.82. The lowest BCUT2D eigenvalue weighted by Gasteiger charge is -2.10. The van der Waals surface area contributed by atoms with Crippen molar-refractivity contribution in [3.63, 3.8) is 0 Å². The molecule has 0 aliphatic rings. The maximum absolute atomic E-state index is 12.3. The maximum atomic E-state index is 12.3. The van der Waals surface area contributed by atoms with Crippen LogP contribution in [0, 0.1) is 0 Å². The van der Waals surface area contributed by atoms with Gasteiger partial charge in [-0.15, -0.1) is 0 Å². The Morgan fingerprint density at radius 2 is 1.75 bits per heavy atom. The number of hydrogen-bond donors (Lipinski definition) is 1. The highest BCUT2D eigenvalue weighted by atomic mass is 16.5. The molecule has 5 nitrogen and oxygen atoms in total. The first-order valence-corrected chi connectivity index (χ1v) is 10.8. The quantitative estimate of drug-likeness (QED) is 0.360. The molecule has 1 aromatic heterocycles. The average Bonchev–Trinajstić information content (AvgIpc) is 2.82. The lowest BCUT2D eigenvalue weighted by Crippen LogP contribution is -2.20. The minimum atomic E-state index is -0.436. The second kappa shape index (κ2) is 9.96. The van der Waals surface area contributed by atoms with Crippen molar-refractivity contribution in [3.05, 3.63) is 94.8 Å². The molecule has 0 fully saturated rings. The molecule has 3 aromatic carbocycles. The number of carbonyl (C=O) groups excluding carboxylic acids is 1. The van der Waals surface area contributed by atoms with Gasteiger partial charge in [0, 0.05) is 23.2 Å². The van der Waals surface area contributed by atoms with E-state index in [4.69, 9.17) is 9.15 Å². The van der Waals surface area contributed by atoms with Gasteiger partial charge in [-0.05, 0) is 53.8 Å². The Kier molecular flexibility index (Phi) is 6.66. The van der Waals surface area contributed by atoms with Crippen LogP contribution in [0.2, 0.25) is 0 Å².